The van der Waals surface area contributed by atoms with Crippen LogP contribution in [-0.4, -0.2) is 32.6 Å². The van der Waals surface area contributed by atoms with Gasteiger partial charge in [-0.25, -0.2) is 5.84 Å². The standard InChI is InChI=1S/C16H23N7OS/c1-12(17)11-23(18)9-5-3-7-14-21-22-16(25-14)15(24)20-10-13-6-2-4-8-19-13/h2,4,6,8,11H,3,5,7,9-10,17-18H2,1H3,(H,20,24)/b12-11-. The number of allylic oxidation sites excluding steroid dienone is 1. The summed E-state index contributed by atoms with van der Waals surface area (Å²) in [7, 11) is 0. The van der Waals surface area contributed by atoms with Crippen molar-refractivity contribution in [1.82, 2.24) is 25.5 Å². The Kier molecular flexibility index (Phi) is 7.30. The molecule has 0 aliphatic heterocycles. The highest BCUT2D eigenvalue weighted by molar-refractivity contribution is 7.13. The van der Waals surface area contributed by atoms with E-state index >= 15 is 0 Å². The first-order chi connectivity index (χ1) is 12.0. The van der Waals surface area contributed by atoms with Crippen LogP contribution in [0.3, 0.4) is 0 Å². The van der Waals surface area contributed by atoms with Gasteiger partial charge in [0, 0.05) is 31.1 Å². The summed E-state index contributed by atoms with van der Waals surface area (Å²) >= 11 is 1.31. The van der Waals surface area contributed by atoms with Gasteiger partial charge in [0.2, 0.25) is 5.01 Å². The molecule has 0 bridgehead atoms. The van der Waals surface area contributed by atoms with Crippen molar-refractivity contribution in [2.45, 2.75) is 32.7 Å². The minimum atomic E-state index is -0.230. The quantitative estimate of drug-likeness (QED) is 0.348. The fourth-order valence-electron chi connectivity index (χ4n) is 2.09. The molecule has 0 aliphatic rings. The molecular weight excluding hydrogens is 338 g/mol. The highest BCUT2D eigenvalue weighted by Gasteiger charge is 2.12. The van der Waals surface area contributed by atoms with Crippen LogP contribution in [0.2, 0.25) is 0 Å². The first kappa shape index (κ1) is 18.8. The number of carbonyl (C=O) groups is 1. The predicted molar refractivity (Wildman–Crippen MR) is 97.1 cm³/mol. The number of nitrogens with zero attached hydrogens (tertiary/aromatic N) is 4. The Balaban J connectivity index is 1.72. The van der Waals surface area contributed by atoms with E-state index in [9.17, 15) is 4.79 Å². The number of carbonyl (C=O) groups excluding carboxylic acids is 1. The second kappa shape index (κ2) is 9.70. The van der Waals surface area contributed by atoms with Gasteiger partial charge in [-0.3, -0.25) is 9.78 Å². The van der Waals surface area contributed by atoms with E-state index in [1.807, 2.05) is 18.2 Å². The lowest BCUT2D eigenvalue weighted by atomic mass is 10.2. The highest BCUT2D eigenvalue weighted by Crippen LogP contribution is 2.13. The number of unbranched alkanes of at least 4 members (excludes halogenated alkanes) is 1. The van der Waals surface area contributed by atoms with E-state index in [2.05, 4.69) is 20.5 Å². The Morgan fingerprint density at radius 2 is 2.20 bits per heavy atom. The second-order valence-electron chi connectivity index (χ2n) is 5.57. The topological polar surface area (TPSA) is 123 Å². The van der Waals surface area contributed by atoms with Gasteiger partial charge in [0.1, 0.15) is 5.01 Å². The molecule has 0 radical (unpaired) electrons. The molecule has 0 aromatic carbocycles. The monoisotopic (exact) mass is 361 g/mol. The molecule has 2 aromatic heterocycles. The summed E-state index contributed by atoms with van der Waals surface area (Å²) in [6.07, 6.45) is 5.98. The molecule has 0 saturated carbocycles. The maximum absolute atomic E-state index is 12.1. The third-order valence-electron chi connectivity index (χ3n) is 3.24. The van der Waals surface area contributed by atoms with Crippen molar-refractivity contribution in [1.29, 1.82) is 0 Å². The lowest BCUT2D eigenvalue weighted by Crippen LogP contribution is -2.27. The van der Waals surface area contributed by atoms with Gasteiger partial charge in [0.25, 0.3) is 5.91 Å². The summed E-state index contributed by atoms with van der Waals surface area (Å²) in [5.74, 6) is 5.54. The van der Waals surface area contributed by atoms with Gasteiger partial charge in [-0.05, 0) is 31.9 Å². The van der Waals surface area contributed by atoms with Gasteiger partial charge >= 0.3 is 0 Å². The fraction of sp³-hybridized carbons (Fsp3) is 0.375. The van der Waals surface area contributed by atoms with Crippen LogP contribution in [0, 0.1) is 0 Å². The molecule has 134 valence electrons. The number of hydrogen-bond acceptors (Lipinski definition) is 8. The van der Waals surface area contributed by atoms with Crippen LogP contribution in [0.5, 0.6) is 0 Å². The zero-order valence-electron chi connectivity index (χ0n) is 14.2. The van der Waals surface area contributed by atoms with Crippen LogP contribution in [0.4, 0.5) is 0 Å². The molecule has 8 nitrogen and oxygen atoms in total. The summed E-state index contributed by atoms with van der Waals surface area (Å²) < 4.78 is 0. The number of hydrazine groups is 1. The maximum atomic E-state index is 12.1. The van der Waals surface area contributed by atoms with Crippen molar-refractivity contribution >= 4 is 17.2 Å². The third-order valence-corrected chi connectivity index (χ3v) is 4.23. The third kappa shape index (κ3) is 6.86. The number of pyridine rings is 1. The molecule has 0 fully saturated rings. The molecule has 9 heteroatoms. The van der Waals surface area contributed by atoms with E-state index < -0.39 is 0 Å². The lowest BCUT2D eigenvalue weighted by molar-refractivity contribution is 0.0949. The number of nitrogens with two attached hydrogens (primary N) is 2. The van der Waals surface area contributed by atoms with Crippen LogP contribution < -0.4 is 16.9 Å². The molecule has 0 atom stereocenters. The number of hydrogen-bond donors (Lipinski definition) is 3. The maximum Gasteiger partial charge on any atom is 0.282 e. The molecule has 2 rings (SSSR count). The molecule has 0 unspecified atom stereocenters. The molecule has 5 N–H and O–H groups in total. The summed E-state index contributed by atoms with van der Waals surface area (Å²) in [6, 6.07) is 5.57. The molecule has 25 heavy (non-hydrogen) atoms. The van der Waals surface area contributed by atoms with Crippen molar-refractivity contribution in [3.63, 3.8) is 0 Å². The zero-order valence-corrected chi connectivity index (χ0v) is 15.0. The first-order valence-electron chi connectivity index (χ1n) is 8.00. The van der Waals surface area contributed by atoms with E-state index in [-0.39, 0.29) is 5.91 Å². The van der Waals surface area contributed by atoms with Crippen LogP contribution in [0.25, 0.3) is 0 Å². The Labute approximate surface area is 150 Å². The van der Waals surface area contributed by atoms with Crippen molar-refractivity contribution in [2.75, 3.05) is 6.54 Å². The van der Waals surface area contributed by atoms with Gasteiger partial charge in [-0.15, -0.1) is 10.2 Å². The number of nitrogens with one attached hydrogen (secondary N) is 1. The smallest absolute Gasteiger partial charge is 0.282 e. The van der Waals surface area contributed by atoms with Crippen molar-refractivity contribution in [2.24, 2.45) is 11.6 Å². The molecular formula is C16H23N7OS. The Bertz CT molecular complexity index is 698. The van der Waals surface area contributed by atoms with E-state index in [1.165, 1.54) is 11.3 Å². The normalized spacial score (nSPS) is 11.4. The average Bonchev–Trinajstić information content (AvgIpc) is 3.06. The van der Waals surface area contributed by atoms with E-state index in [1.54, 1.807) is 24.3 Å². The van der Waals surface area contributed by atoms with E-state index in [0.717, 1.165) is 30.0 Å². The summed E-state index contributed by atoms with van der Waals surface area (Å²) in [5.41, 5.74) is 7.04. The number of aryl methyl sites for hydroxylation is 1. The van der Waals surface area contributed by atoms with Crippen LogP contribution >= 0.6 is 11.3 Å². The van der Waals surface area contributed by atoms with Crippen molar-refractivity contribution in [3.05, 3.63) is 52.0 Å². The minimum absolute atomic E-state index is 0.230. The molecule has 0 saturated heterocycles. The van der Waals surface area contributed by atoms with Crippen molar-refractivity contribution in [3.8, 4) is 0 Å². The van der Waals surface area contributed by atoms with Crippen molar-refractivity contribution < 1.29 is 4.79 Å². The predicted octanol–water partition coefficient (Wildman–Crippen LogP) is 1.18. The number of amides is 1. The Hall–Kier alpha value is -2.52. The lowest BCUT2D eigenvalue weighted by Gasteiger charge is -2.13. The van der Waals surface area contributed by atoms with Gasteiger partial charge in [-0.2, -0.15) is 0 Å². The highest BCUT2D eigenvalue weighted by atomic mass is 32.1. The summed E-state index contributed by atoms with van der Waals surface area (Å²) in [4.78, 5) is 16.2. The Morgan fingerprint density at radius 1 is 1.36 bits per heavy atom. The summed E-state index contributed by atoms with van der Waals surface area (Å²) in [5, 5.41) is 13.6. The second-order valence-corrected chi connectivity index (χ2v) is 6.63. The van der Waals surface area contributed by atoms with Gasteiger partial charge in [-0.1, -0.05) is 17.4 Å². The molecule has 0 aliphatic carbocycles. The van der Waals surface area contributed by atoms with Gasteiger partial charge in [0.15, 0.2) is 0 Å². The van der Waals surface area contributed by atoms with Gasteiger partial charge in [0.05, 0.1) is 12.2 Å². The first-order valence-corrected chi connectivity index (χ1v) is 8.82. The fourth-order valence-corrected chi connectivity index (χ4v) is 2.89. The average molecular weight is 361 g/mol. The SMILES string of the molecule is C/C(N)=C/N(N)CCCCc1nnc(C(=O)NCc2ccccn2)s1. The van der Waals surface area contributed by atoms with E-state index in [0.29, 0.717) is 23.8 Å². The van der Waals surface area contributed by atoms with Crippen LogP contribution in [-0.2, 0) is 13.0 Å². The number of aromatic nitrogens is 3. The number of rotatable bonds is 9. The summed E-state index contributed by atoms with van der Waals surface area (Å²) in [6.45, 7) is 2.88. The molecule has 0 spiro atoms. The van der Waals surface area contributed by atoms with Gasteiger partial charge < -0.3 is 16.1 Å². The molecule has 2 aromatic rings. The molecule has 2 heterocycles. The van der Waals surface area contributed by atoms with Crippen LogP contribution in [0.1, 0.15) is 40.3 Å². The largest absolute Gasteiger partial charge is 0.401 e. The molecule has 1 amide bonds. The Morgan fingerprint density at radius 3 is 2.92 bits per heavy atom. The van der Waals surface area contributed by atoms with Crippen LogP contribution in [0.15, 0.2) is 36.3 Å². The zero-order chi connectivity index (χ0) is 18.1. The minimum Gasteiger partial charge on any atom is -0.401 e. The van der Waals surface area contributed by atoms with E-state index in [4.69, 9.17) is 11.6 Å².